The highest BCUT2D eigenvalue weighted by Crippen LogP contribution is 2.55. The molecule has 1 aliphatic rings. The van der Waals surface area contributed by atoms with Crippen LogP contribution in [0.3, 0.4) is 0 Å². The van der Waals surface area contributed by atoms with Crippen LogP contribution in [0.25, 0.3) is 0 Å². The van der Waals surface area contributed by atoms with Crippen LogP contribution in [0.2, 0.25) is 0 Å². The van der Waals surface area contributed by atoms with Crippen molar-refractivity contribution in [1.29, 1.82) is 0 Å². The minimum absolute atomic E-state index is 0.0354. The van der Waals surface area contributed by atoms with Gasteiger partial charge in [0.2, 0.25) is 5.82 Å². The number of ether oxygens (including phenoxy) is 3. The molecule has 34 heavy (non-hydrogen) atoms. The van der Waals surface area contributed by atoms with Crippen LogP contribution in [0.1, 0.15) is 35.8 Å². The summed E-state index contributed by atoms with van der Waals surface area (Å²) in [6, 6.07) is 4.27. The first kappa shape index (κ1) is 25.3. The van der Waals surface area contributed by atoms with Gasteiger partial charge in [-0.25, -0.2) is 14.2 Å². The molecule has 0 saturated carbocycles. The number of aromatic nitrogens is 1. The van der Waals surface area contributed by atoms with Crippen LogP contribution in [0.15, 0.2) is 30.5 Å². The zero-order chi connectivity index (χ0) is 25.4. The number of anilines is 1. The molecule has 1 aliphatic heterocycles. The van der Waals surface area contributed by atoms with E-state index in [0.29, 0.717) is 0 Å². The zero-order valence-corrected chi connectivity index (χ0v) is 18.5. The summed E-state index contributed by atoms with van der Waals surface area (Å²) >= 11 is 0. The van der Waals surface area contributed by atoms with Crippen molar-refractivity contribution in [2.24, 2.45) is 5.92 Å². The summed E-state index contributed by atoms with van der Waals surface area (Å²) < 4.78 is 84.8. The fraction of sp³-hybridized carbons (Fsp3) is 0.409. The van der Waals surface area contributed by atoms with Crippen molar-refractivity contribution < 1.29 is 45.8 Å². The van der Waals surface area contributed by atoms with Gasteiger partial charge in [-0.2, -0.15) is 17.6 Å². The lowest BCUT2D eigenvalue weighted by molar-refractivity contribution is -0.272. The van der Waals surface area contributed by atoms with Crippen LogP contribution in [-0.4, -0.2) is 49.0 Å². The number of rotatable bonds is 5. The molecule has 4 atom stereocenters. The van der Waals surface area contributed by atoms with E-state index in [2.05, 4.69) is 15.0 Å². The Balaban J connectivity index is 2.06. The largest absolute Gasteiger partial charge is 0.493 e. The monoisotopic (exact) mass is 488 g/mol. The maximum absolute atomic E-state index is 14.4. The minimum Gasteiger partial charge on any atom is -0.493 e. The topological polar surface area (TPSA) is 86.8 Å². The molecule has 0 bridgehead atoms. The summed E-state index contributed by atoms with van der Waals surface area (Å²) in [5.41, 5.74) is -3.06. The fourth-order valence-electron chi connectivity index (χ4n) is 3.98. The normalized spacial score (nSPS) is 24.6. The standard InChI is InChI=1S/C22H21F5N2O5/c1-10-15(12-5-6-13(23)16(24)17(12)32-3)18(34-21(10,2)22(25,26)27)19(30)29-11-7-8-28-14(9-11)20(31)33-4/h5-10,15,18H,1-4H3,(H,28,29,30). The van der Waals surface area contributed by atoms with Gasteiger partial charge in [-0.15, -0.1) is 0 Å². The van der Waals surface area contributed by atoms with E-state index in [1.54, 1.807) is 0 Å². The Morgan fingerprint density at radius 3 is 2.44 bits per heavy atom. The fourth-order valence-corrected chi connectivity index (χ4v) is 3.98. The first-order chi connectivity index (χ1) is 15.9. The number of hydrogen-bond acceptors (Lipinski definition) is 6. The molecule has 1 aromatic carbocycles. The Morgan fingerprint density at radius 2 is 1.85 bits per heavy atom. The van der Waals surface area contributed by atoms with Gasteiger partial charge in [-0.3, -0.25) is 4.79 Å². The van der Waals surface area contributed by atoms with Crippen molar-refractivity contribution in [2.75, 3.05) is 19.5 Å². The van der Waals surface area contributed by atoms with Gasteiger partial charge in [0.1, 0.15) is 11.8 Å². The van der Waals surface area contributed by atoms with E-state index in [9.17, 15) is 31.5 Å². The number of nitrogens with zero attached hydrogens (tertiary/aromatic N) is 1. The van der Waals surface area contributed by atoms with E-state index < -0.39 is 59.0 Å². The number of amides is 1. The number of alkyl halides is 3. The molecule has 7 nitrogen and oxygen atoms in total. The van der Waals surface area contributed by atoms with Gasteiger partial charge in [0, 0.05) is 29.3 Å². The third-order valence-electron chi connectivity index (χ3n) is 5.99. The van der Waals surface area contributed by atoms with E-state index in [4.69, 9.17) is 9.47 Å². The SMILES string of the molecule is COC(=O)c1cc(NC(=O)C2OC(C)(C(F)(F)F)C(C)C2c2ccc(F)c(F)c2OC)ccn1. The first-order valence-corrected chi connectivity index (χ1v) is 9.97. The van der Waals surface area contributed by atoms with Crippen molar-refractivity contribution in [3.8, 4) is 5.75 Å². The van der Waals surface area contributed by atoms with Crippen LogP contribution in [0.5, 0.6) is 5.75 Å². The predicted octanol–water partition coefficient (Wildman–Crippen LogP) is 4.23. The van der Waals surface area contributed by atoms with Crippen molar-refractivity contribution in [1.82, 2.24) is 4.98 Å². The summed E-state index contributed by atoms with van der Waals surface area (Å²) in [5.74, 6) is -7.84. The smallest absolute Gasteiger partial charge is 0.417 e. The van der Waals surface area contributed by atoms with Crippen LogP contribution in [-0.2, 0) is 14.3 Å². The Kier molecular flexibility index (Phi) is 6.83. The first-order valence-electron chi connectivity index (χ1n) is 9.97. The number of carbonyl (C=O) groups excluding carboxylic acids is 2. The van der Waals surface area contributed by atoms with E-state index in [-0.39, 0.29) is 16.9 Å². The predicted molar refractivity (Wildman–Crippen MR) is 108 cm³/mol. The molecule has 1 fully saturated rings. The van der Waals surface area contributed by atoms with E-state index in [0.717, 1.165) is 39.3 Å². The molecule has 12 heteroatoms. The summed E-state index contributed by atoms with van der Waals surface area (Å²) in [6.45, 7) is 1.99. The number of hydrogen-bond donors (Lipinski definition) is 1. The Bertz CT molecular complexity index is 1110. The molecule has 1 aromatic heterocycles. The number of pyridine rings is 1. The molecule has 1 saturated heterocycles. The summed E-state index contributed by atoms with van der Waals surface area (Å²) in [5, 5.41) is 2.39. The lowest BCUT2D eigenvalue weighted by Gasteiger charge is -2.32. The van der Waals surface area contributed by atoms with Gasteiger partial charge in [0.25, 0.3) is 5.91 Å². The molecule has 4 unspecified atom stereocenters. The van der Waals surface area contributed by atoms with E-state index in [1.165, 1.54) is 19.2 Å². The number of halogens is 5. The second-order valence-corrected chi connectivity index (χ2v) is 7.85. The highest BCUT2D eigenvalue weighted by atomic mass is 19.4. The molecule has 0 spiro atoms. The second-order valence-electron chi connectivity index (χ2n) is 7.85. The number of esters is 1. The summed E-state index contributed by atoms with van der Waals surface area (Å²) in [6.07, 6.45) is -5.47. The van der Waals surface area contributed by atoms with Crippen LogP contribution >= 0.6 is 0 Å². The zero-order valence-electron chi connectivity index (χ0n) is 18.5. The lowest BCUT2D eigenvalue weighted by atomic mass is 9.77. The molecular formula is C22H21F5N2O5. The number of carbonyl (C=O) groups is 2. The number of nitrogens with one attached hydrogen (secondary N) is 1. The van der Waals surface area contributed by atoms with Crippen LogP contribution in [0.4, 0.5) is 27.6 Å². The molecule has 2 heterocycles. The average Bonchev–Trinajstić information content (AvgIpc) is 3.07. The highest BCUT2D eigenvalue weighted by Gasteiger charge is 2.65. The van der Waals surface area contributed by atoms with Crippen molar-refractivity contribution in [3.63, 3.8) is 0 Å². The molecular weight excluding hydrogens is 467 g/mol. The Hall–Kier alpha value is -3.28. The molecule has 1 N–H and O–H groups in total. The summed E-state index contributed by atoms with van der Waals surface area (Å²) in [4.78, 5) is 28.6. The van der Waals surface area contributed by atoms with Crippen LogP contribution < -0.4 is 10.1 Å². The third kappa shape index (κ3) is 4.29. The average molecular weight is 488 g/mol. The van der Waals surface area contributed by atoms with E-state index in [1.807, 2.05) is 0 Å². The second kappa shape index (κ2) is 9.16. The number of methoxy groups -OCH3 is 2. The molecule has 1 amide bonds. The van der Waals surface area contributed by atoms with Gasteiger partial charge >= 0.3 is 12.1 Å². The Morgan fingerprint density at radius 1 is 1.18 bits per heavy atom. The third-order valence-corrected chi connectivity index (χ3v) is 5.99. The van der Waals surface area contributed by atoms with Crippen molar-refractivity contribution in [2.45, 2.75) is 37.6 Å². The molecule has 3 rings (SSSR count). The van der Waals surface area contributed by atoms with E-state index >= 15 is 0 Å². The van der Waals surface area contributed by atoms with Crippen molar-refractivity contribution >= 4 is 17.6 Å². The summed E-state index contributed by atoms with van der Waals surface area (Å²) in [7, 11) is 2.16. The van der Waals surface area contributed by atoms with Crippen molar-refractivity contribution in [3.05, 3.63) is 53.4 Å². The quantitative estimate of drug-likeness (QED) is 0.501. The maximum Gasteiger partial charge on any atom is 0.417 e. The lowest BCUT2D eigenvalue weighted by Crippen LogP contribution is -2.47. The van der Waals surface area contributed by atoms with Gasteiger partial charge in [0.05, 0.1) is 14.2 Å². The van der Waals surface area contributed by atoms with Gasteiger partial charge in [0.15, 0.2) is 17.2 Å². The molecule has 0 radical (unpaired) electrons. The van der Waals surface area contributed by atoms with Gasteiger partial charge in [-0.05, 0) is 25.1 Å². The molecule has 184 valence electrons. The number of benzene rings is 1. The minimum atomic E-state index is -4.89. The maximum atomic E-state index is 14.4. The highest BCUT2D eigenvalue weighted by molar-refractivity contribution is 5.96. The molecule has 0 aliphatic carbocycles. The molecule has 2 aromatic rings. The van der Waals surface area contributed by atoms with Gasteiger partial charge < -0.3 is 19.5 Å². The van der Waals surface area contributed by atoms with Crippen LogP contribution in [0, 0.1) is 17.6 Å². The van der Waals surface area contributed by atoms with Gasteiger partial charge in [-0.1, -0.05) is 13.0 Å². The Labute approximate surface area is 191 Å².